The predicted octanol–water partition coefficient (Wildman–Crippen LogP) is -5.81. The summed E-state index contributed by atoms with van der Waals surface area (Å²) >= 11 is 0. The van der Waals surface area contributed by atoms with Crippen LogP contribution < -0.4 is 24.8 Å². The lowest BCUT2D eigenvalue weighted by molar-refractivity contribution is -0.870. The van der Waals surface area contributed by atoms with Crippen LogP contribution in [0.2, 0.25) is 0 Å². The molecule has 0 aromatic rings. The van der Waals surface area contributed by atoms with Crippen LogP contribution in [0.3, 0.4) is 0 Å². The Morgan fingerprint density at radius 3 is 1.00 bits per heavy atom. The molecule has 0 bridgehead atoms. The highest BCUT2D eigenvalue weighted by Gasteiger charge is 2.29. The zero-order chi connectivity index (χ0) is 12.4. The fourth-order valence-electron chi connectivity index (χ4n) is 1.57. The van der Waals surface area contributed by atoms with Gasteiger partial charge in [-0.2, -0.15) is 0 Å². The minimum absolute atomic E-state index is 0. The highest BCUT2D eigenvalue weighted by Crippen LogP contribution is 2.11. The summed E-state index contributed by atoms with van der Waals surface area (Å²) in [5.41, 5.74) is 0. The summed E-state index contributed by atoms with van der Waals surface area (Å²) in [6.07, 6.45) is 1.13. The van der Waals surface area contributed by atoms with Crippen LogP contribution >= 0.6 is 0 Å². The average Bonchev–Trinajstić information content (AvgIpc) is 2.79. The first-order valence-corrected chi connectivity index (χ1v) is 6.00. The number of rotatable bonds is 4. The van der Waals surface area contributed by atoms with E-state index in [-0.39, 0.29) is 24.8 Å². The van der Waals surface area contributed by atoms with Gasteiger partial charge in [-0.25, -0.2) is 0 Å². The van der Waals surface area contributed by atoms with E-state index in [1.807, 2.05) is 0 Å². The van der Waals surface area contributed by atoms with Crippen molar-refractivity contribution in [3.8, 4) is 0 Å². The predicted molar refractivity (Wildman–Crippen MR) is 65.3 cm³/mol. The molecule has 6 heteroatoms. The minimum Gasteiger partial charge on any atom is -1.00 e. The fourth-order valence-corrected chi connectivity index (χ4v) is 1.57. The Kier molecular flexibility index (Phi) is 9.07. The van der Waals surface area contributed by atoms with Gasteiger partial charge in [-0.15, -0.1) is 0 Å². The molecule has 0 saturated carbocycles. The van der Waals surface area contributed by atoms with Gasteiger partial charge in [0.2, 0.25) is 0 Å². The van der Waals surface area contributed by atoms with Crippen molar-refractivity contribution in [1.29, 1.82) is 0 Å². The molecular weight excluding hydrogens is 275 g/mol. The van der Waals surface area contributed by atoms with Crippen LogP contribution in [-0.4, -0.2) is 89.8 Å². The molecule has 4 nitrogen and oxygen atoms in total. The first-order valence-electron chi connectivity index (χ1n) is 6.00. The normalized spacial score (nSPS) is 25.0. The van der Waals surface area contributed by atoms with Gasteiger partial charge in [-0.1, -0.05) is 0 Å². The number of hydrogen-bond acceptors (Lipinski definition) is 2. The molecule has 0 aromatic heterocycles. The lowest BCUT2D eigenvalue weighted by Gasteiger charge is -2.22. The van der Waals surface area contributed by atoms with Gasteiger partial charge < -0.3 is 43.3 Å². The van der Waals surface area contributed by atoms with E-state index >= 15 is 0 Å². The van der Waals surface area contributed by atoms with Crippen molar-refractivity contribution in [2.45, 2.75) is 12.2 Å². The molecular formula is C12H28Cl2N2O2. The van der Waals surface area contributed by atoms with Crippen molar-refractivity contribution in [3.63, 3.8) is 0 Å². The summed E-state index contributed by atoms with van der Waals surface area (Å²) in [5.74, 6) is 0. The Hall–Kier alpha value is 0.420. The Labute approximate surface area is 124 Å². The summed E-state index contributed by atoms with van der Waals surface area (Å²) < 4.78 is 12.2. The highest BCUT2D eigenvalue weighted by molar-refractivity contribution is 4.67. The van der Waals surface area contributed by atoms with Crippen molar-refractivity contribution >= 4 is 0 Å². The summed E-state index contributed by atoms with van der Waals surface area (Å²) in [6.45, 7) is 4.27. The van der Waals surface area contributed by atoms with Crippen molar-refractivity contribution in [3.05, 3.63) is 0 Å². The molecule has 2 saturated heterocycles. The topological polar surface area (TPSA) is 25.1 Å². The molecule has 18 heavy (non-hydrogen) atoms. The third-order valence-corrected chi connectivity index (χ3v) is 2.31. The Balaban J connectivity index is 0. The van der Waals surface area contributed by atoms with Gasteiger partial charge in [-0.3, -0.25) is 0 Å². The number of quaternary nitrogens is 2. The van der Waals surface area contributed by atoms with E-state index in [1.54, 1.807) is 0 Å². The molecule has 2 unspecified atom stereocenters. The van der Waals surface area contributed by atoms with E-state index in [2.05, 4.69) is 42.3 Å². The second kappa shape index (κ2) is 7.88. The highest BCUT2D eigenvalue weighted by atomic mass is 35.5. The van der Waals surface area contributed by atoms with Gasteiger partial charge in [0.25, 0.3) is 0 Å². The number of likely N-dealkylation sites (N-methyl/N-ethyl adjacent to an activating group) is 2. The number of ether oxygens (including phenoxy) is 2. The van der Waals surface area contributed by atoms with Crippen molar-refractivity contribution in [1.82, 2.24) is 0 Å². The molecule has 2 fully saturated rings. The van der Waals surface area contributed by atoms with Crippen LogP contribution in [0.25, 0.3) is 0 Å². The number of halogens is 2. The second-order valence-electron chi connectivity index (χ2n) is 6.86. The van der Waals surface area contributed by atoms with E-state index < -0.39 is 0 Å². The monoisotopic (exact) mass is 302 g/mol. The maximum atomic E-state index is 5.07. The summed E-state index contributed by atoms with van der Waals surface area (Å²) in [6, 6.07) is 0. The van der Waals surface area contributed by atoms with Crippen molar-refractivity contribution in [2.75, 3.05) is 68.6 Å². The van der Waals surface area contributed by atoms with Crippen molar-refractivity contribution in [2.24, 2.45) is 0 Å². The molecule has 112 valence electrons. The van der Waals surface area contributed by atoms with Gasteiger partial charge in [0.1, 0.15) is 25.3 Å². The van der Waals surface area contributed by atoms with Crippen LogP contribution in [-0.2, 0) is 9.47 Å². The smallest absolute Gasteiger partial charge is 0.130 e. The van der Waals surface area contributed by atoms with Crippen LogP contribution in [0.5, 0.6) is 0 Å². The van der Waals surface area contributed by atoms with E-state index in [1.165, 1.54) is 0 Å². The molecule has 0 radical (unpaired) electrons. The molecule has 2 atom stereocenters. The summed E-state index contributed by atoms with van der Waals surface area (Å²) in [7, 11) is 13.1. The van der Waals surface area contributed by atoms with Crippen molar-refractivity contribution < 1.29 is 43.3 Å². The Bertz CT molecular complexity index is 195. The molecule has 2 aliphatic heterocycles. The number of nitrogens with zero attached hydrogens (tertiary/aromatic N) is 2. The van der Waals surface area contributed by atoms with Crippen LogP contribution in [0, 0.1) is 0 Å². The largest absolute Gasteiger partial charge is 1.00 e. The zero-order valence-electron chi connectivity index (χ0n) is 12.4. The fraction of sp³-hybridized carbons (Fsp3) is 1.00. The third-order valence-electron chi connectivity index (χ3n) is 2.31. The van der Waals surface area contributed by atoms with Crippen LogP contribution in [0.1, 0.15) is 0 Å². The second-order valence-corrected chi connectivity index (χ2v) is 6.86. The summed E-state index contributed by atoms with van der Waals surface area (Å²) in [4.78, 5) is 0. The van der Waals surface area contributed by atoms with E-state index in [9.17, 15) is 0 Å². The standard InChI is InChI=1S/2C6H14NO.2ClH/c2*1-7(2,3)4-6-5-8-6;;/h2*6H,4-5H2,1-3H3;2*1H/q2*+1;;/p-2. The maximum Gasteiger partial charge on any atom is 0.130 e. The Morgan fingerprint density at radius 2 is 0.944 bits per heavy atom. The molecule has 2 rings (SSSR count). The van der Waals surface area contributed by atoms with Gasteiger partial charge in [-0.05, 0) is 0 Å². The third kappa shape index (κ3) is 14.5. The van der Waals surface area contributed by atoms with Gasteiger partial charge in [0.05, 0.1) is 55.5 Å². The maximum absolute atomic E-state index is 5.07. The molecule has 0 amide bonds. The van der Waals surface area contributed by atoms with E-state index in [0.29, 0.717) is 12.2 Å². The summed E-state index contributed by atoms with van der Waals surface area (Å²) in [5, 5.41) is 0. The molecule has 2 heterocycles. The molecule has 0 aliphatic carbocycles. The number of hydrogen-bond donors (Lipinski definition) is 0. The van der Waals surface area contributed by atoms with Crippen LogP contribution in [0.4, 0.5) is 0 Å². The first-order chi connectivity index (χ1) is 7.16. The van der Waals surface area contributed by atoms with Gasteiger partial charge >= 0.3 is 0 Å². The molecule has 0 N–H and O–H groups in total. The quantitative estimate of drug-likeness (QED) is 0.382. The average molecular weight is 303 g/mol. The molecule has 0 spiro atoms. The van der Waals surface area contributed by atoms with E-state index in [0.717, 1.165) is 35.3 Å². The lowest BCUT2D eigenvalue weighted by atomic mass is 10.4. The minimum atomic E-state index is 0. The molecule has 2 aliphatic rings. The first kappa shape index (κ1) is 20.7. The van der Waals surface area contributed by atoms with Gasteiger partial charge in [0.15, 0.2) is 0 Å². The Morgan fingerprint density at radius 1 is 0.722 bits per heavy atom. The van der Waals surface area contributed by atoms with Crippen LogP contribution in [0.15, 0.2) is 0 Å². The SMILES string of the molecule is C[N+](C)(C)CC1CO1.C[N+](C)(C)CC1CO1.[Cl-].[Cl-]. The van der Waals surface area contributed by atoms with Gasteiger partial charge in [0, 0.05) is 0 Å². The lowest BCUT2D eigenvalue weighted by Crippen LogP contribution is -3.00. The van der Waals surface area contributed by atoms with E-state index in [4.69, 9.17) is 9.47 Å². The molecule has 0 aromatic carbocycles. The zero-order valence-corrected chi connectivity index (χ0v) is 14.0. The number of epoxide rings is 2.